The minimum Gasteiger partial charge on any atom is -0.496 e. The molecule has 2 amide bonds. The van der Waals surface area contributed by atoms with Gasteiger partial charge in [0.15, 0.2) is 5.54 Å². The molecule has 0 saturated carbocycles. The number of carbonyl (C=O) groups excluding carboxylic acids is 2. The molecule has 2 heterocycles. The minimum absolute atomic E-state index is 0.543. The molecule has 27 heavy (non-hydrogen) atoms. The van der Waals surface area contributed by atoms with Gasteiger partial charge in [0, 0.05) is 11.4 Å². The number of aliphatic hydroxyl groups is 1. The Morgan fingerprint density at radius 1 is 1.15 bits per heavy atom. The lowest BCUT2D eigenvalue weighted by atomic mass is 9.79. The molecule has 0 bridgehead atoms. The largest absolute Gasteiger partial charge is 0.496 e. The number of methoxy groups -OCH3 is 1. The molecule has 4 rings (SSSR count). The predicted molar refractivity (Wildman–Crippen MR) is 94.0 cm³/mol. The first-order valence-electron chi connectivity index (χ1n) is 8.47. The number of imide groups is 1. The van der Waals surface area contributed by atoms with Gasteiger partial charge in [-0.1, -0.05) is 30.3 Å². The van der Waals surface area contributed by atoms with Gasteiger partial charge in [0.05, 0.1) is 25.6 Å². The highest BCUT2D eigenvalue weighted by Crippen LogP contribution is 2.48. The number of aliphatic hydroxyl groups excluding tert-OH is 1. The van der Waals surface area contributed by atoms with Crippen LogP contribution in [-0.2, 0) is 14.4 Å². The average Bonchev–Trinajstić information content (AvgIpc) is 3.17. The molecule has 2 aromatic rings. The van der Waals surface area contributed by atoms with Crippen molar-refractivity contribution in [2.75, 3.05) is 13.7 Å². The molecule has 0 aliphatic carbocycles. The van der Waals surface area contributed by atoms with Crippen LogP contribution in [0.3, 0.4) is 0 Å². The van der Waals surface area contributed by atoms with E-state index in [2.05, 4.69) is 10.6 Å². The van der Waals surface area contributed by atoms with E-state index in [4.69, 9.17) is 4.74 Å². The van der Waals surface area contributed by atoms with E-state index < -0.39 is 47.8 Å². The summed E-state index contributed by atoms with van der Waals surface area (Å²) < 4.78 is 5.38. The Hall–Kier alpha value is -2.97. The molecule has 8 heteroatoms. The number of ether oxygens (including phenoxy) is 1. The fraction of sp³-hybridized carbons (Fsp3) is 0.316. The van der Waals surface area contributed by atoms with E-state index in [1.807, 2.05) is 24.3 Å². The zero-order valence-electron chi connectivity index (χ0n) is 14.4. The van der Waals surface area contributed by atoms with Gasteiger partial charge >= 0.3 is 5.97 Å². The Balaban J connectivity index is 1.92. The highest BCUT2D eigenvalue weighted by atomic mass is 16.5. The molecule has 2 saturated heterocycles. The summed E-state index contributed by atoms with van der Waals surface area (Å²) in [5.74, 6) is -4.09. The van der Waals surface area contributed by atoms with Crippen LogP contribution < -0.4 is 15.4 Å². The SMILES string of the molecule is COc1ccc(C2NC(CO)(C(=O)O)C3C(=O)NC(=O)C23)c2ccccc12. The van der Waals surface area contributed by atoms with Crippen molar-refractivity contribution in [3.05, 3.63) is 42.0 Å². The summed E-state index contributed by atoms with van der Waals surface area (Å²) in [5, 5.41) is 26.3. The van der Waals surface area contributed by atoms with Crippen molar-refractivity contribution in [2.24, 2.45) is 11.8 Å². The molecule has 2 fully saturated rings. The van der Waals surface area contributed by atoms with Crippen molar-refractivity contribution in [1.82, 2.24) is 10.6 Å². The second kappa shape index (κ2) is 6.04. The normalized spacial score (nSPS) is 29.6. The third kappa shape index (κ3) is 2.27. The van der Waals surface area contributed by atoms with Gasteiger partial charge in [-0.15, -0.1) is 0 Å². The molecule has 4 atom stereocenters. The number of carboxylic acids is 1. The maximum absolute atomic E-state index is 12.5. The highest BCUT2D eigenvalue weighted by molar-refractivity contribution is 6.09. The van der Waals surface area contributed by atoms with E-state index in [-0.39, 0.29) is 0 Å². The van der Waals surface area contributed by atoms with Crippen LogP contribution in [0.25, 0.3) is 10.8 Å². The van der Waals surface area contributed by atoms with Crippen LogP contribution in [-0.4, -0.2) is 47.3 Å². The lowest BCUT2D eigenvalue weighted by Crippen LogP contribution is -2.58. The third-order valence-corrected chi connectivity index (χ3v) is 5.60. The van der Waals surface area contributed by atoms with E-state index >= 15 is 0 Å². The lowest BCUT2D eigenvalue weighted by Gasteiger charge is -2.27. The standard InChI is InChI=1S/C19H18N2O6/c1-27-12-7-6-11(9-4-2-3-5-10(9)12)15-13-14(17(24)20-16(13)23)19(8-22,21-15)18(25)26/h2-7,13-15,21-22H,8H2,1H3,(H,25,26)(H,20,23,24). The number of benzene rings is 2. The average molecular weight is 370 g/mol. The second-order valence-electron chi connectivity index (χ2n) is 6.82. The molecular formula is C19H18N2O6. The molecule has 140 valence electrons. The topological polar surface area (TPSA) is 125 Å². The van der Waals surface area contributed by atoms with Crippen molar-refractivity contribution >= 4 is 28.6 Å². The molecule has 8 nitrogen and oxygen atoms in total. The highest BCUT2D eigenvalue weighted by Gasteiger charge is 2.66. The number of nitrogens with one attached hydrogen (secondary N) is 2. The number of hydrogen-bond acceptors (Lipinski definition) is 6. The van der Waals surface area contributed by atoms with E-state index in [1.54, 1.807) is 19.2 Å². The zero-order valence-corrected chi connectivity index (χ0v) is 14.4. The third-order valence-electron chi connectivity index (χ3n) is 5.60. The van der Waals surface area contributed by atoms with Gasteiger partial charge in [0.1, 0.15) is 5.75 Å². The summed E-state index contributed by atoms with van der Waals surface area (Å²) in [5.41, 5.74) is -1.25. The van der Waals surface area contributed by atoms with Crippen molar-refractivity contribution in [2.45, 2.75) is 11.6 Å². The molecular weight excluding hydrogens is 352 g/mol. The smallest absolute Gasteiger partial charge is 0.327 e. The number of hydrogen-bond donors (Lipinski definition) is 4. The molecule has 4 N–H and O–H groups in total. The second-order valence-corrected chi connectivity index (χ2v) is 6.82. The van der Waals surface area contributed by atoms with E-state index in [1.165, 1.54) is 0 Å². The van der Waals surface area contributed by atoms with Gasteiger partial charge in [-0.2, -0.15) is 0 Å². The van der Waals surface area contributed by atoms with Crippen LogP contribution in [0, 0.1) is 11.8 Å². The number of rotatable bonds is 4. The van der Waals surface area contributed by atoms with Gasteiger partial charge in [-0.25, -0.2) is 0 Å². The summed E-state index contributed by atoms with van der Waals surface area (Å²) in [6.45, 7) is -0.811. The van der Waals surface area contributed by atoms with E-state index in [0.717, 1.165) is 10.8 Å². The number of carbonyl (C=O) groups is 3. The molecule has 2 aromatic carbocycles. The summed E-state index contributed by atoms with van der Waals surface area (Å²) in [6, 6.07) is 10.1. The predicted octanol–water partition coefficient (Wildman–Crippen LogP) is 0.197. The van der Waals surface area contributed by atoms with Gasteiger partial charge in [0.25, 0.3) is 0 Å². The Morgan fingerprint density at radius 3 is 2.48 bits per heavy atom. The first kappa shape index (κ1) is 17.4. The van der Waals surface area contributed by atoms with E-state index in [0.29, 0.717) is 11.3 Å². The van der Waals surface area contributed by atoms with Crippen LogP contribution in [0.15, 0.2) is 36.4 Å². The van der Waals surface area contributed by atoms with Crippen LogP contribution >= 0.6 is 0 Å². The van der Waals surface area contributed by atoms with Crippen LogP contribution in [0.4, 0.5) is 0 Å². The minimum atomic E-state index is -1.92. The molecule has 0 radical (unpaired) electrons. The number of amides is 2. The quantitative estimate of drug-likeness (QED) is 0.567. The Bertz CT molecular complexity index is 974. The summed E-state index contributed by atoms with van der Waals surface area (Å²) in [6.07, 6.45) is 0. The fourth-order valence-electron chi connectivity index (χ4n) is 4.35. The maximum atomic E-state index is 12.5. The molecule has 0 spiro atoms. The molecule has 4 unspecified atom stereocenters. The van der Waals surface area contributed by atoms with Crippen molar-refractivity contribution in [3.63, 3.8) is 0 Å². The molecule has 2 aliphatic heterocycles. The van der Waals surface area contributed by atoms with Crippen LogP contribution in [0.2, 0.25) is 0 Å². The van der Waals surface area contributed by atoms with Crippen molar-refractivity contribution in [3.8, 4) is 5.75 Å². The maximum Gasteiger partial charge on any atom is 0.327 e. The Morgan fingerprint density at radius 2 is 1.85 bits per heavy atom. The number of fused-ring (bicyclic) bond motifs is 2. The number of aliphatic carboxylic acids is 1. The first-order chi connectivity index (χ1) is 12.9. The van der Waals surface area contributed by atoms with Crippen molar-refractivity contribution in [1.29, 1.82) is 0 Å². The fourth-order valence-corrected chi connectivity index (χ4v) is 4.35. The lowest BCUT2D eigenvalue weighted by molar-refractivity contribution is -0.151. The number of carboxylic acid groups (broad SMARTS) is 1. The zero-order chi connectivity index (χ0) is 19.3. The Kier molecular flexibility index (Phi) is 3.90. The molecule has 2 aliphatic rings. The monoisotopic (exact) mass is 370 g/mol. The van der Waals surface area contributed by atoms with Gasteiger partial charge in [-0.05, 0) is 17.0 Å². The van der Waals surface area contributed by atoms with Gasteiger partial charge < -0.3 is 14.9 Å². The van der Waals surface area contributed by atoms with Gasteiger partial charge in [-0.3, -0.25) is 25.0 Å². The summed E-state index contributed by atoms with van der Waals surface area (Å²) >= 11 is 0. The van der Waals surface area contributed by atoms with Crippen LogP contribution in [0.5, 0.6) is 5.75 Å². The Labute approximate surface area is 154 Å². The molecule has 0 aromatic heterocycles. The van der Waals surface area contributed by atoms with Crippen LogP contribution in [0.1, 0.15) is 11.6 Å². The van der Waals surface area contributed by atoms with Crippen molar-refractivity contribution < 1.29 is 29.3 Å². The van der Waals surface area contributed by atoms with E-state index in [9.17, 15) is 24.6 Å². The summed E-state index contributed by atoms with van der Waals surface area (Å²) in [4.78, 5) is 36.7. The van der Waals surface area contributed by atoms with Gasteiger partial charge in [0.2, 0.25) is 11.8 Å². The first-order valence-corrected chi connectivity index (χ1v) is 8.47. The summed E-state index contributed by atoms with van der Waals surface area (Å²) in [7, 11) is 1.55.